The number of hydrogen-bond donors (Lipinski definition) is 2. The van der Waals surface area contributed by atoms with E-state index in [1.165, 1.54) is 12.1 Å². The molecule has 128 valence electrons. The summed E-state index contributed by atoms with van der Waals surface area (Å²) < 4.78 is 36.1. The quantitative estimate of drug-likeness (QED) is 0.603. The summed E-state index contributed by atoms with van der Waals surface area (Å²) in [4.78, 5) is 15.4. The molecule has 0 fully saturated rings. The molecule has 9 heteroatoms. The minimum atomic E-state index is -3.70. The van der Waals surface area contributed by atoms with Crippen molar-refractivity contribution in [2.24, 2.45) is 16.5 Å². The molecule has 0 aliphatic carbocycles. The number of rotatable bonds is 3. The maximum absolute atomic E-state index is 12.6. The highest BCUT2D eigenvalue weighted by molar-refractivity contribution is 7.92. The topological polar surface area (TPSA) is 133 Å². The molecular formula is C14H21N3O4S2. The Balaban J connectivity index is 3.72. The standard InChI is InChI=1S/C14H21N3O4S2/c1-8-6-10(22(19)14(2,3)4)11(23(5,20)21)7-9(8)12(18)17-13(15)16/h6-7H,1-5H3,(H4,15,16,17,18). The van der Waals surface area contributed by atoms with Crippen LogP contribution in [0.3, 0.4) is 0 Å². The van der Waals surface area contributed by atoms with Crippen molar-refractivity contribution < 1.29 is 17.4 Å². The van der Waals surface area contributed by atoms with Crippen molar-refractivity contribution in [3.05, 3.63) is 23.3 Å². The Morgan fingerprint density at radius 2 is 1.74 bits per heavy atom. The molecule has 0 radical (unpaired) electrons. The molecule has 1 unspecified atom stereocenters. The van der Waals surface area contributed by atoms with E-state index < -0.39 is 37.3 Å². The SMILES string of the molecule is Cc1cc(S(=O)C(C)(C)C)c(S(C)(=O)=O)cc1C(=O)N=C(N)N. The van der Waals surface area contributed by atoms with E-state index in [0.29, 0.717) is 5.56 Å². The van der Waals surface area contributed by atoms with Crippen molar-refractivity contribution in [3.8, 4) is 0 Å². The first-order valence-corrected chi connectivity index (χ1v) is 9.70. The van der Waals surface area contributed by atoms with E-state index in [1.54, 1.807) is 27.7 Å². The molecule has 0 aliphatic rings. The summed E-state index contributed by atoms with van der Waals surface area (Å²) in [6.07, 6.45) is 0.996. The number of guanidine groups is 1. The Hall–Kier alpha value is -1.74. The van der Waals surface area contributed by atoms with Crippen LogP contribution in [0.2, 0.25) is 0 Å². The minimum Gasteiger partial charge on any atom is -0.370 e. The zero-order valence-electron chi connectivity index (χ0n) is 13.7. The normalized spacial score (nSPS) is 13.4. The first kappa shape index (κ1) is 19.3. The molecule has 1 rings (SSSR count). The number of aliphatic imine (C=N–C) groups is 1. The van der Waals surface area contributed by atoms with E-state index in [1.807, 2.05) is 0 Å². The lowest BCUT2D eigenvalue weighted by Gasteiger charge is -2.20. The first-order valence-electron chi connectivity index (χ1n) is 6.65. The minimum absolute atomic E-state index is 0.0495. The lowest BCUT2D eigenvalue weighted by Crippen LogP contribution is -2.25. The Bertz CT molecular complexity index is 802. The monoisotopic (exact) mass is 359 g/mol. The molecule has 0 aliphatic heterocycles. The summed E-state index contributed by atoms with van der Waals surface area (Å²) in [7, 11) is -5.27. The lowest BCUT2D eigenvalue weighted by molar-refractivity contribution is 0.100. The number of nitrogens with zero attached hydrogens (tertiary/aromatic N) is 1. The van der Waals surface area contributed by atoms with Crippen molar-refractivity contribution in [3.63, 3.8) is 0 Å². The Kier molecular flexibility index (Phi) is 5.37. The zero-order chi connectivity index (χ0) is 18.2. The third-order valence-corrected chi connectivity index (χ3v) is 6.02. The zero-order valence-corrected chi connectivity index (χ0v) is 15.3. The largest absolute Gasteiger partial charge is 0.370 e. The van der Waals surface area contributed by atoms with Gasteiger partial charge in [0.05, 0.1) is 20.6 Å². The van der Waals surface area contributed by atoms with Gasteiger partial charge in [0.1, 0.15) is 0 Å². The van der Waals surface area contributed by atoms with Gasteiger partial charge in [-0.2, -0.15) is 4.99 Å². The van der Waals surface area contributed by atoms with Gasteiger partial charge in [-0.1, -0.05) is 0 Å². The fourth-order valence-corrected chi connectivity index (χ4v) is 4.46. The van der Waals surface area contributed by atoms with E-state index in [0.717, 1.165) is 6.26 Å². The van der Waals surface area contributed by atoms with Gasteiger partial charge in [-0.25, -0.2) is 8.42 Å². The summed E-state index contributed by atoms with van der Waals surface area (Å²) >= 11 is 0. The molecule has 0 bridgehead atoms. The van der Waals surface area contributed by atoms with Gasteiger partial charge in [0.25, 0.3) is 5.91 Å². The molecule has 0 spiro atoms. The van der Waals surface area contributed by atoms with Crippen molar-refractivity contribution >= 4 is 32.5 Å². The number of carbonyl (C=O) groups excluding carboxylic acids is 1. The highest BCUT2D eigenvalue weighted by Gasteiger charge is 2.28. The number of benzene rings is 1. The van der Waals surface area contributed by atoms with Crippen LogP contribution in [-0.4, -0.2) is 35.5 Å². The molecule has 1 amide bonds. The van der Waals surface area contributed by atoms with Crippen molar-refractivity contribution in [2.75, 3.05) is 6.26 Å². The van der Waals surface area contributed by atoms with Crippen LogP contribution in [0, 0.1) is 6.92 Å². The van der Waals surface area contributed by atoms with Crippen molar-refractivity contribution in [1.29, 1.82) is 0 Å². The third kappa shape index (κ3) is 4.61. The molecular weight excluding hydrogens is 338 g/mol. The average molecular weight is 359 g/mol. The average Bonchev–Trinajstić information content (AvgIpc) is 2.33. The molecule has 1 aromatic rings. The van der Waals surface area contributed by atoms with Crippen LogP contribution in [0.4, 0.5) is 0 Å². The molecule has 1 atom stereocenters. The number of sulfone groups is 1. The lowest BCUT2D eigenvalue weighted by atomic mass is 10.1. The Labute approximate surface area is 138 Å². The number of nitrogens with two attached hydrogens (primary N) is 2. The number of hydrogen-bond acceptors (Lipinski definition) is 4. The van der Waals surface area contributed by atoms with Gasteiger partial charge < -0.3 is 11.5 Å². The molecule has 4 N–H and O–H groups in total. The van der Waals surface area contributed by atoms with E-state index in [4.69, 9.17) is 11.5 Å². The van der Waals surface area contributed by atoms with Crippen LogP contribution in [0.25, 0.3) is 0 Å². The fourth-order valence-electron chi connectivity index (χ4n) is 1.83. The van der Waals surface area contributed by atoms with Gasteiger partial charge in [-0.05, 0) is 45.4 Å². The molecule has 7 nitrogen and oxygen atoms in total. The first-order chi connectivity index (χ1) is 10.2. The molecule has 0 saturated carbocycles. The summed E-state index contributed by atoms with van der Waals surface area (Å²) in [6.45, 7) is 6.82. The van der Waals surface area contributed by atoms with E-state index in [9.17, 15) is 17.4 Å². The molecule has 1 aromatic carbocycles. The predicted octanol–water partition coefficient (Wildman–Crippen LogP) is 0.718. The Morgan fingerprint density at radius 1 is 1.22 bits per heavy atom. The van der Waals surface area contributed by atoms with Gasteiger partial charge in [0, 0.05) is 16.6 Å². The second kappa shape index (κ2) is 6.40. The number of amides is 1. The van der Waals surface area contributed by atoms with Gasteiger partial charge in [0.15, 0.2) is 15.8 Å². The summed E-state index contributed by atoms with van der Waals surface area (Å²) in [5, 5.41) is 0. The van der Waals surface area contributed by atoms with Crippen molar-refractivity contribution in [1.82, 2.24) is 0 Å². The second-order valence-corrected chi connectivity index (χ2v) is 10.3. The van der Waals surface area contributed by atoms with Crippen LogP contribution in [-0.2, 0) is 20.6 Å². The summed E-state index contributed by atoms with van der Waals surface area (Å²) in [6, 6.07) is 2.62. The molecule has 0 heterocycles. The third-order valence-electron chi connectivity index (χ3n) is 2.91. The Morgan fingerprint density at radius 3 is 2.13 bits per heavy atom. The van der Waals surface area contributed by atoms with Crippen LogP contribution in [0.15, 0.2) is 26.9 Å². The highest BCUT2D eigenvalue weighted by Crippen LogP contribution is 2.29. The van der Waals surface area contributed by atoms with Crippen LogP contribution in [0.5, 0.6) is 0 Å². The van der Waals surface area contributed by atoms with E-state index >= 15 is 0 Å². The van der Waals surface area contributed by atoms with Gasteiger partial charge >= 0.3 is 0 Å². The summed E-state index contributed by atoms with van der Waals surface area (Å²) in [5.74, 6) is -1.17. The number of carbonyl (C=O) groups is 1. The highest BCUT2D eigenvalue weighted by atomic mass is 32.2. The maximum Gasteiger partial charge on any atom is 0.280 e. The molecule has 23 heavy (non-hydrogen) atoms. The van der Waals surface area contributed by atoms with E-state index in [2.05, 4.69) is 4.99 Å². The van der Waals surface area contributed by atoms with Gasteiger partial charge in [0.2, 0.25) is 0 Å². The predicted molar refractivity (Wildman–Crippen MR) is 90.6 cm³/mol. The summed E-state index contributed by atoms with van der Waals surface area (Å²) in [5.41, 5.74) is 10.9. The maximum atomic E-state index is 12.6. The van der Waals surface area contributed by atoms with Crippen molar-refractivity contribution in [2.45, 2.75) is 42.2 Å². The van der Waals surface area contributed by atoms with Crippen LogP contribution >= 0.6 is 0 Å². The van der Waals surface area contributed by atoms with Crippen LogP contribution < -0.4 is 11.5 Å². The fraction of sp³-hybridized carbons (Fsp3) is 0.429. The van der Waals surface area contributed by atoms with Gasteiger partial charge in [-0.15, -0.1) is 0 Å². The van der Waals surface area contributed by atoms with Gasteiger partial charge in [-0.3, -0.25) is 9.00 Å². The van der Waals surface area contributed by atoms with Crippen LogP contribution in [0.1, 0.15) is 36.7 Å². The smallest absolute Gasteiger partial charge is 0.280 e. The number of aryl methyl sites for hydroxylation is 1. The second-order valence-electron chi connectivity index (χ2n) is 6.11. The molecule has 0 aromatic heterocycles. The molecule has 0 saturated heterocycles. The van der Waals surface area contributed by atoms with E-state index in [-0.39, 0.29) is 15.4 Å².